The highest BCUT2D eigenvalue weighted by atomic mass is 16.5. The summed E-state index contributed by atoms with van der Waals surface area (Å²) in [6.07, 6.45) is 0.747. The number of carbonyl (C=O) groups excluding carboxylic acids is 1. The molecule has 1 heterocycles. The summed E-state index contributed by atoms with van der Waals surface area (Å²) in [6.45, 7) is 2.23. The molecule has 0 aliphatic carbocycles. The minimum Gasteiger partial charge on any atom is -0.478 e. The third kappa shape index (κ3) is 4.96. The van der Waals surface area contributed by atoms with Crippen LogP contribution in [0.1, 0.15) is 27.4 Å². The Balaban J connectivity index is 1.76. The number of ether oxygens (including phenoxy) is 1. The highest BCUT2D eigenvalue weighted by Crippen LogP contribution is 2.16. The smallest absolute Gasteiger partial charge is 0.339 e. The number of amides is 1. The van der Waals surface area contributed by atoms with E-state index in [2.05, 4.69) is 0 Å². The maximum absolute atomic E-state index is 12.0. The van der Waals surface area contributed by atoms with Crippen LogP contribution in [-0.4, -0.2) is 42.1 Å². The van der Waals surface area contributed by atoms with Crippen LogP contribution < -0.4 is 0 Å². The maximum atomic E-state index is 12.0. The fourth-order valence-electron chi connectivity index (χ4n) is 2.26. The zero-order valence-electron chi connectivity index (χ0n) is 13.8. The molecule has 0 spiro atoms. The van der Waals surface area contributed by atoms with Gasteiger partial charge in [0.05, 0.1) is 13.2 Å². The number of benzene rings is 1. The Labute approximate surface area is 140 Å². The van der Waals surface area contributed by atoms with Gasteiger partial charge < -0.3 is 19.2 Å². The molecule has 0 aliphatic rings. The van der Waals surface area contributed by atoms with E-state index in [4.69, 9.17) is 14.3 Å². The van der Waals surface area contributed by atoms with E-state index in [-0.39, 0.29) is 24.6 Å². The number of furan rings is 1. The quantitative estimate of drug-likeness (QED) is 0.752. The van der Waals surface area contributed by atoms with E-state index in [9.17, 15) is 9.59 Å². The van der Waals surface area contributed by atoms with Gasteiger partial charge in [-0.3, -0.25) is 4.79 Å². The Bertz CT molecular complexity index is 693. The van der Waals surface area contributed by atoms with E-state index in [0.717, 1.165) is 12.0 Å². The Morgan fingerprint density at radius 3 is 2.58 bits per heavy atom. The number of rotatable bonds is 8. The monoisotopic (exact) mass is 331 g/mol. The number of carbonyl (C=O) groups is 2. The third-order valence-electron chi connectivity index (χ3n) is 3.62. The average Bonchev–Trinajstić information content (AvgIpc) is 2.93. The molecule has 6 heteroatoms. The summed E-state index contributed by atoms with van der Waals surface area (Å²) in [5.41, 5.74) is 1.27. The molecule has 0 unspecified atom stereocenters. The molecule has 0 aliphatic heterocycles. The van der Waals surface area contributed by atoms with Crippen molar-refractivity contribution in [3.63, 3.8) is 0 Å². The Morgan fingerprint density at radius 1 is 1.25 bits per heavy atom. The molecule has 0 saturated carbocycles. The zero-order valence-corrected chi connectivity index (χ0v) is 13.8. The second-order valence-corrected chi connectivity index (χ2v) is 5.53. The van der Waals surface area contributed by atoms with Crippen LogP contribution in [0.2, 0.25) is 0 Å². The molecule has 0 radical (unpaired) electrons. The normalized spacial score (nSPS) is 10.6. The SMILES string of the molecule is Cc1oc(CN(C)C(=O)COCCc2ccccc2)cc1C(=O)O. The van der Waals surface area contributed by atoms with E-state index in [1.165, 1.54) is 11.0 Å². The molecule has 1 aromatic heterocycles. The van der Waals surface area contributed by atoms with E-state index in [1.54, 1.807) is 14.0 Å². The second kappa shape index (κ2) is 8.31. The van der Waals surface area contributed by atoms with Gasteiger partial charge in [0.15, 0.2) is 0 Å². The van der Waals surface area contributed by atoms with Gasteiger partial charge in [-0.2, -0.15) is 0 Å². The van der Waals surface area contributed by atoms with Crippen molar-refractivity contribution in [1.82, 2.24) is 4.90 Å². The average molecular weight is 331 g/mol. The predicted octanol–water partition coefficient (Wildman–Crippen LogP) is 2.50. The van der Waals surface area contributed by atoms with Crippen molar-refractivity contribution in [3.05, 3.63) is 59.0 Å². The van der Waals surface area contributed by atoms with E-state index < -0.39 is 5.97 Å². The molecule has 1 aromatic carbocycles. The molecule has 128 valence electrons. The molecule has 6 nitrogen and oxygen atoms in total. The van der Waals surface area contributed by atoms with Crippen molar-refractivity contribution >= 4 is 11.9 Å². The lowest BCUT2D eigenvalue weighted by Crippen LogP contribution is -2.30. The number of aromatic carboxylic acids is 1. The van der Waals surface area contributed by atoms with Gasteiger partial charge in [-0.05, 0) is 25.0 Å². The number of hydrogen-bond donors (Lipinski definition) is 1. The predicted molar refractivity (Wildman–Crippen MR) is 87.8 cm³/mol. The Kier molecular flexibility index (Phi) is 6.14. The van der Waals surface area contributed by atoms with Crippen LogP contribution in [0, 0.1) is 6.92 Å². The summed E-state index contributed by atoms with van der Waals surface area (Å²) in [4.78, 5) is 24.5. The first-order chi connectivity index (χ1) is 11.5. The van der Waals surface area contributed by atoms with Gasteiger partial charge >= 0.3 is 5.97 Å². The first-order valence-electron chi connectivity index (χ1n) is 7.65. The molecule has 2 aromatic rings. The van der Waals surface area contributed by atoms with Crippen molar-refractivity contribution in [3.8, 4) is 0 Å². The lowest BCUT2D eigenvalue weighted by Gasteiger charge is -2.15. The Morgan fingerprint density at radius 2 is 1.96 bits per heavy atom. The first kappa shape index (κ1) is 17.7. The van der Waals surface area contributed by atoms with Crippen LogP contribution in [0.25, 0.3) is 0 Å². The summed E-state index contributed by atoms with van der Waals surface area (Å²) < 4.78 is 10.8. The molecule has 1 amide bonds. The fourth-order valence-corrected chi connectivity index (χ4v) is 2.26. The van der Waals surface area contributed by atoms with Gasteiger partial charge in [0, 0.05) is 7.05 Å². The highest BCUT2D eigenvalue weighted by molar-refractivity contribution is 5.88. The summed E-state index contributed by atoms with van der Waals surface area (Å²) in [5, 5.41) is 9.00. The molecule has 0 bridgehead atoms. The molecule has 24 heavy (non-hydrogen) atoms. The second-order valence-electron chi connectivity index (χ2n) is 5.53. The number of likely N-dealkylation sites (N-methyl/N-ethyl adjacent to an activating group) is 1. The number of hydrogen-bond acceptors (Lipinski definition) is 4. The third-order valence-corrected chi connectivity index (χ3v) is 3.62. The van der Waals surface area contributed by atoms with Crippen molar-refractivity contribution in [1.29, 1.82) is 0 Å². The number of carboxylic acid groups (broad SMARTS) is 1. The largest absolute Gasteiger partial charge is 0.478 e. The molecular formula is C18H21NO5. The Hall–Kier alpha value is -2.60. The minimum atomic E-state index is -1.04. The highest BCUT2D eigenvalue weighted by Gasteiger charge is 2.16. The van der Waals surface area contributed by atoms with E-state index in [1.807, 2.05) is 30.3 Å². The molecule has 0 atom stereocenters. The summed E-state index contributed by atoms with van der Waals surface area (Å²) in [7, 11) is 1.63. The summed E-state index contributed by atoms with van der Waals surface area (Å²) >= 11 is 0. The van der Waals surface area contributed by atoms with Crippen molar-refractivity contribution < 1.29 is 23.8 Å². The zero-order chi connectivity index (χ0) is 17.5. The van der Waals surface area contributed by atoms with Gasteiger partial charge in [0.25, 0.3) is 0 Å². The van der Waals surface area contributed by atoms with Crippen LogP contribution >= 0.6 is 0 Å². The molecule has 2 rings (SSSR count). The lowest BCUT2D eigenvalue weighted by molar-refractivity contribution is -0.135. The maximum Gasteiger partial charge on any atom is 0.339 e. The van der Waals surface area contributed by atoms with Crippen LogP contribution in [-0.2, 0) is 22.5 Å². The molecule has 0 saturated heterocycles. The van der Waals surface area contributed by atoms with Crippen LogP contribution in [0.5, 0.6) is 0 Å². The van der Waals surface area contributed by atoms with Crippen molar-refractivity contribution in [2.24, 2.45) is 0 Å². The molecule has 1 N–H and O–H groups in total. The van der Waals surface area contributed by atoms with E-state index >= 15 is 0 Å². The van der Waals surface area contributed by atoms with Crippen LogP contribution in [0.15, 0.2) is 40.8 Å². The van der Waals surface area contributed by atoms with Gasteiger partial charge in [0.2, 0.25) is 5.91 Å². The number of carboxylic acids is 1. The van der Waals surface area contributed by atoms with E-state index in [0.29, 0.717) is 18.1 Å². The topological polar surface area (TPSA) is 80.0 Å². The first-order valence-corrected chi connectivity index (χ1v) is 7.65. The fraction of sp³-hybridized carbons (Fsp3) is 0.333. The summed E-state index contributed by atoms with van der Waals surface area (Å²) in [6, 6.07) is 11.3. The lowest BCUT2D eigenvalue weighted by atomic mass is 10.2. The van der Waals surface area contributed by atoms with Crippen molar-refractivity contribution in [2.75, 3.05) is 20.3 Å². The molecule has 0 fully saturated rings. The number of aryl methyl sites for hydroxylation is 1. The van der Waals surface area contributed by atoms with Crippen molar-refractivity contribution in [2.45, 2.75) is 19.9 Å². The summed E-state index contributed by atoms with van der Waals surface area (Å²) in [5.74, 6) is -0.461. The van der Waals surface area contributed by atoms with Gasteiger partial charge in [-0.25, -0.2) is 4.79 Å². The van der Waals surface area contributed by atoms with Crippen LogP contribution in [0.3, 0.4) is 0 Å². The van der Waals surface area contributed by atoms with Crippen LogP contribution in [0.4, 0.5) is 0 Å². The standard InChI is InChI=1S/C18H21NO5/c1-13-16(18(21)22)10-15(24-13)11-19(2)17(20)12-23-9-8-14-6-4-3-5-7-14/h3-7,10H,8-9,11-12H2,1-2H3,(H,21,22). The number of nitrogens with zero attached hydrogens (tertiary/aromatic N) is 1. The van der Waals surface area contributed by atoms with Gasteiger partial charge in [-0.1, -0.05) is 30.3 Å². The van der Waals surface area contributed by atoms with Gasteiger partial charge in [0.1, 0.15) is 23.7 Å². The molecular weight excluding hydrogens is 310 g/mol. The minimum absolute atomic E-state index is 0.0190. The van der Waals surface area contributed by atoms with Gasteiger partial charge in [-0.15, -0.1) is 0 Å².